The summed E-state index contributed by atoms with van der Waals surface area (Å²) in [6.45, 7) is 1.95. The van der Waals surface area contributed by atoms with Gasteiger partial charge in [0.25, 0.3) is 0 Å². The second kappa shape index (κ2) is 4.84. The van der Waals surface area contributed by atoms with Crippen LogP contribution < -0.4 is 11.1 Å². The van der Waals surface area contributed by atoms with E-state index in [4.69, 9.17) is 5.73 Å². The molecule has 1 heterocycles. The number of hydrogen-bond donors (Lipinski definition) is 2. The number of nitrogens with one attached hydrogen (secondary N) is 1. The van der Waals surface area contributed by atoms with Crippen LogP contribution in [0, 0.1) is 0 Å². The molecule has 2 rings (SSSR count). The van der Waals surface area contributed by atoms with Crippen LogP contribution in [0.25, 0.3) is 0 Å². The van der Waals surface area contributed by atoms with Gasteiger partial charge in [0, 0.05) is 12.4 Å². The van der Waals surface area contributed by atoms with Crippen molar-refractivity contribution in [1.29, 1.82) is 0 Å². The van der Waals surface area contributed by atoms with E-state index in [2.05, 4.69) is 10.3 Å². The molecule has 1 aliphatic rings. The van der Waals surface area contributed by atoms with Crippen molar-refractivity contribution in [3.05, 3.63) is 30.1 Å². The Morgan fingerprint density at radius 1 is 1.53 bits per heavy atom. The van der Waals surface area contributed by atoms with Gasteiger partial charge in [-0.05, 0) is 31.4 Å². The number of aromatic nitrogens is 1. The highest BCUT2D eigenvalue weighted by molar-refractivity contribution is 5.86. The predicted octanol–water partition coefficient (Wildman–Crippen LogP) is 1.53. The van der Waals surface area contributed by atoms with Gasteiger partial charge in [0.15, 0.2) is 0 Å². The second-order valence-corrected chi connectivity index (χ2v) is 4.84. The van der Waals surface area contributed by atoms with E-state index in [9.17, 15) is 4.79 Å². The van der Waals surface area contributed by atoms with Gasteiger partial charge >= 0.3 is 0 Å². The van der Waals surface area contributed by atoms with Gasteiger partial charge in [0.1, 0.15) is 0 Å². The molecule has 3 N–H and O–H groups in total. The predicted molar refractivity (Wildman–Crippen MR) is 66.2 cm³/mol. The van der Waals surface area contributed by atoms with Crippen molar-refractivity contribution in [3.8, 4) is 0 Å². The monoisotopic (exact) mass is 233 g/mol. The van der Waals surface area contributed by atoms with E-state index in [0.29, 0.717) is 0 Å². The maximum atomic E-state index is 12.1. The normalized spacial score (nSPS) is 19.9. The summed E-state index contributed by atoms with van der Waals surface area (Å²) >= 11 is 0. The zero-order chi connectivity index (χ0) is 12.3. The van der Waals surface area contributed by atoms with E-state index in [1.807, 2.05) is 19.1 Å². The SMILES string of the molecule is C[C@@H](NC(=O)C1(N)CCCC1)c1cccnc1. The molecule has 1 amide bonds. The van der Waals surface area contributed by atoms with Crippen LogP contribution in [0.3, 0.4) is 0 Å². The van der Waals surface area contributed by atoms with E-state index in [0.717, 1.165) is 31.2 Å². The molecule has 4 heteroatoms. The van der Waals surface area contributed by atoms with Crippen molar-refractivity contribution in [3.63, 3.8) is 0 Å². The molecular formula is C13H19N3O. The topological polar surface area (TPSA) is 68.0 Å². The molecule has 0 spiro atoms. The molecule has 1 aromatic heterocycles. The molecule has 17 heavy (non-hydrogen) atoms. The van der Waals surface area contributed by atoms with Crippen LogP contribution in [0.1, 0.15) is 44.2 Å². The average molecular weight is 233 g/mol. The Kier molecular flexibility index (Phi) is 3.43. The first kappa shape index (κ1) is 12.0. The van der Waals surface area contributed by atoms with Crippen LogP contribution in [0.5, 0.6) is 0 Å². The minimum atomic E-state index is -0.656. The highest BCUT2D eigenvalue weighted by Gasteiger charge is 2.37. The lowest BCUT2D eigenvalue weighted by molar-refractivity contribution is -0.126. The van der Waals surface area contributed by atoms with Gasteiger partial charge < -0.3 is 11.1 Å². The molecule has 1 aromatic rings. The van der Waals surface area contributed by atoms with Crippen LogP contribution in [-0.4, -0.2) is 16.4 Å². The zero-order valence-corrected chi connectivity index (χ0v) is 10.1. The molecule has 0 bridgehead atoms. The maximum absolute atomic E-state index is 12.1. The Morgan fingerprint density at radius 3 is 2.82 bits per heavy atom. The summed E-state index contributed by atoms with van der Waals surface area (Å²) < 4.78 is 0. The number of hydrogen-bond acceptors (Lipinski definition) is 3. The average Bonchev–Trinajstić information content (AvgIpc) is 2.78. The van der Waals surface area contributed by atoms with Crippen molar-refractivity contribution in [2.45, 2.75) is 44.2 Å². The van der Waals surface area contributed by atoms with Gasteiger partial charge in [-0.2, -0.15) is 0 Å². The first-order valence-electron chi connectivity index (χ1n) is 6.12. The molecule has 4 nitrogen and oxygen atoms in total. The molecule has 1 saturated carbocycles. The van der Waals surface area contributed by atoms with Crippen LogP contribution >= 0.6 is 0 Å². The van der Waals surface area contributed by atoms with Gasteiger partial charge in [-0.15, -0.1) is 0 Å². The van der Waals surface area contributed by atoms with E-state index >= 15 is 0 Å². The van der Waals surface area contributed by atoms with E-state index in [-0.39, 0.29) is 11.9 Å². The van der Waals surface area contributed by atoms with Crippen molar-refractivity contribution in [2.24, 2.45) is 5.73 Å². The summed E-state index contributed by atoms with van der Waals surface area (Å²) in [7, 11) is 0. The first-order valence-corrected chi connectivity index (χ1v) is 6.12. The van der Waals surface area contributed by atoms with Crippen molar-refractivity contribution in [1.82, 2.24) is 10.3 Å². The summed E-state index contributed by atoms with van der Waals surface area (Å²) in [6, 6.07) is 3.78. The number of carbonyl (C=O) groups is 1. The zero-order valence-electron chi connectivity index (χ0n) is 10.1. The number of carbonyl (C=O) groups excluding carboxylic acids is 1. The fourth-order valence-corrected chi connectivity index (χ4v) is 2.29. The Labute approximate surface area is 102 Å². The number of nitrogens with zero attached hydrogens (tertiary/aromatic N) is 1. The second-order valence-electron chi connectivity index (χ2n) is 4.84. The fraction of sp³-hybridized carbons (Fsp3) is 0.538. The van der Waals surface area contributed by atoms with Crippen molar-refractivity contribution < 1.29 is 4.79 Å². The number of pyridine rings is 1. The van der Waals surface area contributed by atoms with Crippen LogP contribution in [0.4, 0.5) is 0 Å². The fourth-order valence-electron chi connectivity index (χ4n) is 2.29. The molecule has 1 fully saturated rings. The Balaban J connectivity index is 1.99. The van der Waals surface area contributed by atoms with Gasteiger partial charge in [-0.1, -0.05) is 18.9 Å². The third kappa shape index (κ3) is 2.64. The number of amides is 1. The van der Waals surface area contributed by atoms with E-state index in [1.165, 1.54) is 0 Å². The molecule has 0 unspecified atom stereocenters. The lowest BCUT2D eigenvalue weighted by Crippen LogP contribution is -2.52. The molecule has 1 atom stereocenters. The van der Waals surface area contributed by atoms with Crippen LogP contribution in [0.2, 0.25) is 0 Å². The summed E-state index contributed by atoms with van der Waals surface area (Å²) in [5.74, 6) is -0.0358. The lowest BCUT2D eigenvalue weighted by Gasteiger charge is -2.25. The van der Waals surface area contributed by atoms with E-state index in [1.54, 1.807) is 12.4 Å². The highest BCUT2D eigenvalue weighted by Crippen LogP contribution is 2.28. The summed E-state index contributed by atoms with van der Waals surface area (Å²) in [5.41, 5.74) is 6.45. The third-order valence-electron chi connectivity index (χ3n) is 3.48. The van der Waals surface area contributed by atoms with Gasteiger partial charge in [-0.25, -0.2) is 0 Å². The Bertz CT molecular complexity index is 385. The smallest absolute Gasteiger partial charge is 0.240 e. The van der Waals surface area contributed by atoms with Gasteiger partial charge in [0.05, 0.1) is 11.6 Å². The minimum absolute atomic E-state index is 0.0358. The summed E-state index contributed by atoms with van der Waals surface area (Å²) in [5, 5.41) is 2.97. The molecule has 92 valence electrons. The molecule has 0 saturated heterocycles. The van der Waals surface area contributed by atoms with Crippen molar-refractivity contribution >= 4 is 5.91 Å². The number of nitrogens with two attached hydrogens (primary N) is 1. The minimum Gasteiger partial charge on any atom is -0.348 e. The highest BCUT2D eigenvalue weighted by atomic mass is 16.2. The maximum Gasteiger partial charge on any atom is 0.240 e. The van der Waals surface area contributed by atoms with Gasteiger partial charge in [0.2, 0.25) is 5.91 Å². The summed E-state index contributed by atoms with van der Waals surface area (Å²) in [4.78, 5) is 16.1. The first-order chi connectivity index (χ1) is 8.12. The van der Waals surface area contributed by atoms with E-state index < -0.39 is 5.54 Å². The largest absolute Gasteiger partial charge is 0.348 e. The third-order valence-corrected chi connectivity index (χ3v) is 3.48. The number of rotatable bonds is 3. The van der Waals surface area contributed by atoms with Crippen LogP contribution in [-0.2, 0) is 4.79 Å². The molecule has 1 aliphatic carbocycles. The molecule has 0 radical (unpaired) electrons. The Morgan fingerprint density at radius 2 is 2.24 bits per heavy atom. The summed E-state index contributed by atoms with van der Waals surface area (Å²) in [6.07, 6.45) is 7.16. The molecular weight excluding hydrogens is 214 g/mol. The molecule has 0 aromatic carbocycles. The Hall–Kier alpha value is -1.42. The molecule has 0 aliphatic heterocycles. The standard InChI is InChI=1S/C13H19N3O/c1-10(11-5-4-8-15-9-11)16-12(17)13(14)6-2-3-7-13/h4-5,8-10H,2-3,6-7,14H2,1H3,(H,16,17)/t10-/m1/s1. The quantitative estimate of drug-likeness (QED) is 0.832. The van der Waals surface area contributed by atoms with Crippen LogP contribution in [0.15, 0.2) is 24.5 Å². The van der Waals surface area contributed by atoms with Gasteiger partial charge in [-0.3, -0.25) is 9.78 Å². The lowest BCUT2D eigenvalue weighted by atomic mass is 9.97. The van der Waals surface area contributed by atoms with Crippen molar-refractivity contribution in [2.75, 3.05) is 0 Å².